The summed E-state index contributed by atoms with van der Waals surface area (Å²) in [4.78, 5) is 0. The van der Waals surface area contributed by atoms with E-state index in [9.17, 15) is 0 Å². The van der Waals surface area contributed by atoms with Crippen LogP contribution in [0.5, 0.6) is 0 Å². The smallest absolute Gasteiger partial charge is 0.251 e. The van der Waals surface area contributed by atoms with Gasteiger partial charge in [-0.25, -0.2) is 0 Å². The summed E-state index contributed by atoms with van der Waals surface area (Å²) in [6, 6.07) is 0. The van der Waals surface area contributed by atoms with E-state index in [1.54, 1.807) is 0 Å². The maximum Gasteiger partial charge on any atom is 0.251 e. The molecule has 0 saturated heterocycles. The average Bonchev–Trinajstić information content (AvgIpc) is 0.811. The fourth-order valence-corrected chi connectivity index (χ4v) is 0. The first-order valence-electron chi connectivity index (χ1n) is 0.716. The standard InChI is InChI=1S/CH3NOS.In/c2-1(3)4;/h(H3,2,3,4);. The third kappa shape index (κ3) is 95.3. The number of hydrogen-bond acceptors (Lipinski definition) is 1. The first-order chi connectivity index (χ1) is 1.73. The number of hydrogen-bond donors (Lipinski definition) is 2. The molecule has 0 aromatic carbocycles. The minimum Gasteiger partial charge on any atom is -0.487 e. The van der Waals surface area contributed by atoms with E-state index in [1.165, 1.54) is 0 Å². The fourth-order valence-electron chi connectivity index (χ4n) is 0. The van der Waals surface area contributed by atoms with Gasteiger partial charge in [0.1, 0.15) is 0 Å². The monoisotopic (exact) mass is 192 g/mol. The molecule has 0 bridgehead atoms. The summed E-state index contributed by atoms with van der Waals surface area (Å²) in [7, 11) is 0. The first-order valence-corrected chi connectivity index (χ1v) is 1.12. The molecule has 0 heterocycles. The van der Waals surface area contributed by atoms with Crippen LogP contribution >= 0.6 is 12.2 Å². The summed E-state index contributed by atoms with van der Waals surface area (Å²) in [6.45, 7) is 0. The number of rotatable bonds is 0. The summed E-state index contributed by atoms with van der Waals surface area (Å²) < 4.78 is 0. The SMILES string of the molecule is NC(O)=S.[In]. The van der Waals surface area contributed by atoms with Crippen LogP contribution in [0.3, 0.4) is 0 Å². The molecule has 0 aliphatic carbocycles. The zero-order chi connectivity index (χ0) is 3.58. The van der Waals surface area contributed by atoms with Crippen LogP contribution in [-0.2, 0) is 0 Å². The second-order valence-electron chi connectivity index (χ2n) is 0.338. The third-order valence-electron chi connectivity index (χ3n) is 0. The zero-order valence-corrected chi connectivity index (χ0v) is 6.62. The number of nitrogens with two attached hydrogens (primary N) is 1. The van der Waals surface area contributed by atoms with Crippen LogP contribution in [0.4, 0.5) is 0 Å². The Hall–Kier alpha value is 0.560. The first kappa shape index (κ1) is 9.12. The van der Waals surface area contributed by atoms with Gasteiger partial charge in [-0.1, -0.05) is 0 Å². The minimum absolute atomic E-state index is 0. The quantitative estimate of drug-likeness (QED) is 0.504. The topological polar surface area (TPSA) is 46.2 Å². The van der Waals surface area contributed by atoms with Crippen molar-refractivity contribution >= 4 is 43.2 Å². The molecule has 0 aromatic heterocycles. The van der Waals surface area contributed by atoms with E-state index in [-0.39, 0.29) is 25.8 Å². The number of aliphatic hydroxyl groups excluding tert-OH is 1. The van der Waals surface area contributed by atoms with E-state index in [1.807, 2.05) is 0 Å². The molecule has 0 aromatic rings. The molecule has 0 aliphatic heterocycles. The summed E-state index contributed by atoms with van der Waals surface area (Å²) >= 11 is 3.87. The van der Waals surface area contributed by atoms with Crippen molar-refractivity contribution in [3.05, 3.63) is 0 Å². The van der Waals surface area contributed by atoms with Crippen LogP contribution < -0.4 is 5.73 Å². The summed E-state index contributed by atoms with van der Waals surface area (Å²) in [5, 5.41) is 7.06. The van der Waals surface area contributed by atoms with Crippen LogP contribution in [0.15, 0.2) is 0 Å². The largest absolute Gasteiger partial charge is 0.487 e. The van der Waals surface area contributed by atoms with Crippen molar-refractivity contribution < 1.29 is 5.11 Å². The molecule has 0 atom stereocenters. The molecule has 0 amide bonds. The van der Waals surface area contributed by atoms with Crippen LogP contribution in [0.1, 0.15) is 0 Å². The van der Waals surface area contributed by atoms with Crippen LogP contribution in [-0.4, -0.2) is 36.1 Å². The van der Waals surface area contributed by atoms with Gasteiger partial charge in [0, 0.05) is 25.8 Å². The van der Waals surface area contributed by atoms with Gasteiger partial charge in [0.15, 0.2) is 0 Å². The number of thiocarbonyl (C=S) groups is 1. The Kier molecular flexibility index (Phi) is 8.32. The molecule has 4 heteroatoms. The minimum atomic E-state index is -0.500. The Labute approximate surface area is 54.1 Å². The Bertz CT molecular complexity index is 34.6. The molecule has 0 fully saturated rings. The van der Waals surface area contributed by atoms with Crippen molar-refractivity contribution in [2.24, 2.45) is 5.73 Å². The van der Waals surface area contributed by atoms with Gasteiger partial charge in [-0.15, -0.1) is 0 Å². The van der Waals surface area contributed by atoms with Crippen molar-refractivity contribution in [2.75, 3.05) is 0 Å². The molecule has 5 heavy (non-hydrogen) atoms. The number of aliphatic hydroxyl groups is 1. The summed E-state index contributed by atoms with van der Waals surface area (Å²) in [5.41, 5.74) is 4.40. The molecular formula is CH3InNOS. The predicted octanol–water partition coefficient (Wildman–Crippen LogP) is -0.593. The fraction of sp³-hybridized carbons (Fsp3) is 0. The van der Waals surface area contributed by atoms with Crippen molar-refractivity contribution in [1.82, 2.24) is 0 Å². The Morgan fingerprint density at radius 1 is 1.80 bits per heavy atom. The average molecular weight is 192 g/mol. The maximum absolute atomic E-state index is 7.56. The zero-order valence-electron chi connectivity index (χ0n) is 2.51. The predicted molar refractivity (Wildman–Crippen MR) is 25.2 cm³/mol. The van der Waals surface area contributed by atoms with Crippen molar-refractivity contribution in [3.63, 3.8) is 0 Å². The Morgan fingerprint density at radius 2 is 1.80 bits per heavy atom. The van der Waals surface area contributed by atoms with Gasteiger partial charge in [-0.3, -0.25) is 0 Å². The van der Waals surface area contributed by atoms with Gasteiger partial charge in [0.05, 0.1) is 0 Å². The molecule has 27 valence electrons. The van der Waals surface area contributed by atoms with E-state index in [0.29, 0.717) is 0 Å². The molecule has 0 aliphatic rings. The Balaban J connectivity index is 0. The van der Waals surface area contributed by atoms with Gasteiger partial charge in [-0.05, 0) is 12.2 Å². The van der Waals surface area contributed by atoms with Gasteiger partial charge in [0.2, 0.25) is 0 Å². The van der Waals surface area contributed by atoms with Crippen LogP contribution in [0, 0.1) is 0 Å². The van der Waals surface area contributed by atoms with E-state index in [0.717, 1.165) is 0 Å². The van der Waals surface area contributed by atoms with E-state index in [4.69, 9.17) is 5.11 Å². The summed E-state index contributed by atoms with van der Waals surface area (Å²) in [5.74, 6) is 0. The molecule has 0 rings (SSSR count). The molecule has 3 radical (unpaired) electrons. The molecule has 0 spiro atoms. The normalized spacial score (nSPS) is 4.80. The molecule has 2 nitrogen and oxygen atoms in total. The molecule has 0 saturated carbocycles. The Morgan fingerprint density at radius 3 is 1.80 bits per heavy atom. The maximum atomic E-state index is 7.56. The van der Waals surface area contributed by atoms with E-state index >= 15 is 0 Å². The van der Waals surface area contributed by atoms with Gasteiger partial charge >= 0.3 is 0 Å². The van der Waals surface area contributed by atoms with Gasteiger partial charge in [-0.2, -0.15) is 0 Å². The van der Waals surface area contributed by atoms with E-state index in [2.05, 4.69) is 18.0 Å². The third-order valence-corrected chi connectivity index (χ3v) is 0. The van der Waals surface area contributed by atoms with Crippen molar-refractivity contribution in [3.8, 4) is 0 Å². The van der Waals surface area contributed by atoms with Gasteiger partial charge in [0.25, 0.3) is 5.17 Å². The van der Waals surface area contributed by atoms with Crippen molar-refractivity contribution in [1.29, 1.82) is 0 Å². The second kappa shape index (κ2) is 4.56. The van der Waals surface area contributed by atoms with Crippen LogP contribution in [0.2, 0.25) is 0 Å². The molecule has 0 unspecified atom stereocenters. The van der Waals surface area contributed by atoms with Gasteiger partial charge < -0.3 is 10.8 Å². The van der Waals surface area contributed by atoms with E-state index < -0.39 is 5.17 Å². The summed E-state index contributed by atoms with van der Waals surface area (Å²) in [6.07, 6.45) is 0. The molecular weight excluding hydrogens is 189 g/mol. The molecule has 3 N–H and O–H groups in total. The van der Waals surface area contributed by atoms with Crippen molar-refractivity contribution in [2.45, 2.75) is 0 Å². The second-order valence-corrected chi connectivity index (χ2v) is 0.757. The van der Waals surface area contributed by atoms with Crippen LogP contribution in [0.25, 0.3) is 0 Å².